The van der Waals surface area contributed by atoms with Crippen LogP contribution in [0.5, 0.6) is 5.75 Å². The molecule has 0 spiro atoms. The van der Waals surface area contributed by atoms with E-state index in [1.807, 2.05) is 24.3 Å². The molecule has 1 amide bonds. The highest BCUT2D eigenvalue weighted by Gasteiger charge is 2.12. The molecule has 0 unspecified atom stereocenters. The zero-order valence-electron chi connectivity index (χ0n) is 15.0. The van der Waals surface area contributed by atoms with E-state index in [-0.39, 0.29) is 18.3 Å². The molecule has 8 heteroatoms. The van der Waals surface area contributed by atoms with E-state index in [1.165, 1.54) is 6.92 Å². The van der Waals surface area contributed by atoms with Crippen LogP contribution in [0, 0.1) is 0 Å². The summed E-state index contributed by atoms with van der Waals surface area (Å²) in [6.07, 6.45) is 0. The number of Topliss-reactive ketones (excluding diaryl/α,β-unsaturated/α-hetero) is 1. The van der Waals surface area contributed by atoms with Crippen LogP contribution in [0.2, 0.25) is 0 Å². The maximum absolute atomic E-state index is 12.3. The number of benzene rings is 2. The molecule has 0 atom stereocenters. The number of ether oxygens (including phenoxy) is 1. The van der Waals surface area contributed by atoms with Crippen LogP contribution in [0.4, 0.5) is 0 Å². The number of amides is 1. The molecular weight excluding hydrogens is 346 g/mol. The number of ketones is 1. The van der Waals surface area contributed by atoms with Gasteiger partial charge in [0.05, 0.1) is 0 Å². The van der Waals surface area contributed by atoms with Gasteiger partial charge in [0, 0.05) is 24.7 Å². The number of carbonyl (C=O) groups excluding carboxylic acids is 2. The number of aromatic amines is 1. The summed E-state index contributed by atoms with van der Waals surface area (Å²) in [7, 11) is 1.71. The number of likely N-dealkylation sites (N-methyl/N-ethyl adjacent to an activating group) is 1. The first kappa shape index (κ1) is 18.2. The molecule has 0 aliphatic carbocycles. The van der Waals surface area contributed by atoms with Crippen molar-refractivity contribution in [2.45, 2.75) is 13.5 Å². The molecule has 0 aliphatic rings. The third-order valence-electron chi connectivity index (χ3n) is 4.00. The topological polar surface area (TPSA) is 101 Å². The standard InChI is InChI=1S/C19H19N5O3/c1-13(25)15-6-8-17(9-7-15)27-12-18(26)24(2)11-14-4-3-5-16(10-14)19-20-22-23-21-19/h3-10H,11-12H2,1-2H3,(H,20,21,22,23). The Morgan fingerprint density at radius 1 is 1.15 bits per heavy atom. The Bertz CT molecular complexity index is 923. The van der Waals surface area contributed by atoms with Gasteiger partial charge in [-0.25, -0.2) is 0 Å². The maximum atomic E-state index is 12.3. The summed E-state index contributed by atoms with van der Waals surface area (Å²) >= 11 is 0. The fourth-order valence-electron chi connectivity index (χ4n) is 2.50. The lowest BCUT2D eigenvalue weighted by atomic mass is 10.1. The number of tetrazole rings is 1. The number of carbonyl (C=O) groups is 2. The summed E-state index contributed by atoms with van der Waals surface area (Å²) in [5.74, 6) is 0.875. The van der Waals surface area contributed by atoms with Gasteiger partial charge in [0.2, 0.25) is 5.82 Å². The number of nitrogens with zero attached hydrogens (tertiary/aromatic N) is 4. The normalized spacial score (nSPS) is 10.4. The Kier molecular flexibility index (Phi) is 5.55. The van der Waals surface area contributed by atoms with Crippen molar-refractivity contribution in [1.29, 1.82) is 0 Å². The van der Waals surface area contributed by atoms with E-state index in [2.05, 4.69) is 20.6 Å². The second-order valence-corrected chi connectivity index (χ2v) is 6.05. The van der Waals surface area contributed by atoms with Crippen molar-refractivity contribution in [2.75, 3.05) is 13.7 Å². The lowest BCUT2D eigenvalue weighted by molar-refractivity contribution is -0.132. The van der Waals surface area contributed by atoms with Gasteiger partial charge in [0.1, 0.15) is 5.75 Å². The summed E-state index contributed by atoms with van der Waals surface area (Å²) in [5.41, 5.74) is 2.37. The third-order valence-corrected chi connectivity index (χ3v) is 4.00. The van der Waals surface area contributed by atoms with Crippen molar-refractivity contribution in [3.05, 3.63) is 59.7 Å². The summed E-state index contributed by atoms with van der Waals surface area (Å²) in [4.78, 5) is 25.2. The zero-order valence-corrected chi connectivity index (χ0v) is 15.0. The SMILES string of the molecule is CC(=O)c1ccc(OCC(=O)N(C)Cc2cccc(-c3nn[nH]n3)c2)cc1. The van der Waals surface area contributed by atoms with E-state index in [4.69, 9.17) is 4.74 Å². The second kappa shape index (κ2) is 8.22. The largest absolute Gasteiger partial charge is 0.484 e. The first-order valence-electron chi connectivity index (χ1n) is 8.33. The van der Waals surface area contributed by atoms with E-state index >= 15 is 0 Å². The number of rotatable bonds is 7. The number of nitrogens with one attached hydrogen (secondary N) is 1. The smallest absolute Gasteiger partial charge is 0.260 e. The van der Waals surface area contributed by atoms with Crippen molar-refractivity contribution >= 4 is 11.7 Å². The Balaban J connectivity index is 1.56. The van der Waals surface area contributed by atoms with Gasteiger partial charge in [-0.1, -0.05) is 18.2 Å². The minimum absolute atomic E-state index is 0.0135. The highest BCUT2D eigenvalue weighted by molar-refractivity contribution is 5.94. The average molecular weight is 365 g/mol. The lowest BCUT2D eigenvalue weighted by Gasteiger charge is -2.18. The molecule has 3 aromatic rings. The summed E-state index contributed by atoms with van der Waals surface area (Å²) < 4.78 is 5.51. The molecule has 2 aromatic carbocycles. The first-order valence-corrected chi connectivity index (χ1v) is 8.33. The lowest BCUT2D eigenvalue weighted by Crippen LogP contribution is -2.30. The van der Waals surface area contributed by atoms with Crippen molar-refractivity contribution in [2.24, 2.45) is 0 Å². The van der Waals surface area contributed by atoms with Gasteiger partial charge in [-0.15, -0.1) is 10.2 Å². The van der Waals surface area contributed by atoms with E-state index < -0.39 is 0 Å². The molecule has 3 rings (SSSR count). The van der Waals surface area contributed by atoms with Crippen LogP contribution in [0.1, 0.15) is 22.8 Å². The number of hydrogen-bond acceptors (Lipinski definition) is 6. The Hall–Kier alpha value is -3.55. The van der Waals surface area contributed by atoms with Crippen LogP contribution in [-0.4, -0.2) is 50.9 Å². The molecule has 1 N–H and O–H groups in total. The van der Waals surface area contributed by atoms with Gasteiger partial charge in [-0.2, -0.15) is 5.21 Å². The van der Waals surface area contributed by atoms with E-state index in [9.17, 15) is 9.59 Å². The van der Waals surface area contributed by atoms with Crippen molar-refractivity contribution < 1.29 is 14.3 Å². The molecule has 0 bridgehead atoms. The van der Waals surface area contributed by atoms with Gasteiger partial charge in [0.15, 0.2) is 12.4 Å². The van der Waals surface area contributed by atoms with Gasteiger partial charge in [-0.05, 0) is 48.0 Å². The molecule has 1 aromatic heterocycles. The molecule has 0 aliphatic heterocycles. The molecule has 138 valence electrons. The molecule has 8 nitrogen and oxygen atoms in total. The van der Waals surface area contributed by atoms with Crippen LogP contribution in [0.15, 0.2) is 48.5 Å². The van der Waals surface area contributed by atoms with Crippen LogP contribution >= 0.6 is 0 Å². The van der Waals surface area contributed by atoms with Gasteiger partial charge in [0.25, 0.3) is 5.91 Å². The van der Waals surface area contributed by atoms with Crippen molar-refractivity contribution in [1.82, 2.24) is 25.5 Å². The van der Waals surface area contributed by atoms with Crippen molar-refractivity contribution in [3.8, 4) is 17.1 Å². The Morgan fingerprint density at radius 3 is 2.59 bits per heavy atom. The summed E-state index contributed by atoms with van der Waals surface area (Å²) in [6, 6.07) is 14.3. The quantitative estimate of drug-likeness (QED) is 0.644. The fourth-order valence-corrected chi connectivity index (χ4v) is 2.50. The summed E-state index contributed by atoms with van der Waals surface area (Å²) in [6.45, 7) is 1.85. The predicted octanol–water partition coefficient (Wildman–Crippen LogP) is 2.11. The molecule has 27 heavy (non-hydrogen) atoms. The highest BCUT2D eigenvalue weighted by atomic mass is 16.5. The van der Waals surface area contributed by atoms with Crippen LogP contribution < -0.4 is 4.74 Å². The third kappa shape index (κ3) is 4.75. The number of hydrogen-bond donors (Lipinski definition) is 1. The van der Waals surface area contributed by atoms with E-state index in [1.54, 1.807) is 36.2 Å². The summed E-state index contributed by atoms with van der Waals surface area (Å²) in [5, 5.41) is 13.9. The zero-order chi connectivity index (χ0) is 19.2. The maximum Gasteiger partial charge on any atom is 0.260 e. The molecule has 1 heterocycles. The molecule has 0 saturated carbocycles. The molecule has 0 radical (unpaired) electrons. The van der Waals surface area contributed by atoms with Gasteiger partial charge in [-0.3, -0.25) is 9.59 Å². The minimum Gasteiger partial charge on any atom is -0.484 e. The Labute approximate surface area is 156 Å². The van der Waals surface area contributed by atoms with E-state index in [0.29, 0.717) is 23.7 Å². The fraction of sp³-hybridized carbons (Fsp3) is 0.211. The van der Waals surface area contributed by atoms with Crippen molar-refractivity contribution in [3.63, 3.8) is 0 Å². The van der Waals surface area contributed by atoms with Crippen LogP contribution in [0.25, 0.3) is 11.4 Å². The molecule has 0 fully saturated rings. The van der Waals surface area contributed by atoms with Crippen LogP contribution in [-0.2, 0) is 11.3 Å². The first-order chi connectivity index (χ1) is 13.0. The number of aromatic nitrogens is 4. The average Bonchev–Trinajstić information content (AvgIpc) is 3.21. The van der Waals surface area contributed by atoms with E-state index in [0.717, 1.165) is 11.1 Å². The molecule has 0 saturated heterocycles. The number of H-pyrrole nitrogens is 1. The van der Waals surface area contributed by atoms with Gasteiger partial charge >= 0.3 is 0 Å². The Morgan fingerprint density at radius 2 is 1.93 bits per heavy atom. The van der Waals surface area contributed by atoms with Gasteiger partial charge < -0.3 is 9.64 Å². The second-order valence-electron chi connectivity index (χ2n) is 6.05. The minimum atomic E-state index is -0.157. The van der Waals surface area contributed by atoms with Crippen LogP contribution in [0.3, 0.4) is 0 Å². The molecular formula is C19H19N5O3. The highest BCUT2D eigenvalue weighted by Crippen LogP contribution is 2.16. The predicted molar refractivity (Wildman–Crippen MR) is 98.0 cm³/mol. The monoisotopic (exact) mass is 365 g/mol.